The SMILES string of the molecule is CN(C)C(=O)CN=C(NCC1CCN(c2ccncc2)CC1)NC1CCc2ccccc2C1. The van der Waals surface area contributed by atoms with Gasteiger partial charge >= 0.3 is 0 Å². The molecule has 2 heterocycles. The largest absolute Gasteiger partial charge is 0.371 e. The Morgan fingerprint density at radius 1 is 1.09 bits per heavy atom. The van der Waals surface area contributed by atoms with Crippen molar-refractivity contribution in [3.8, 4) is 0 Å². The van der Waals surface area contributed by atoms with E-state index in [1.807, 2.05) is 12.4 Å². The van der Waals surface area contributed by atoms with Crippen molar-refractivity contribution >= 4 is 17.6 Å². The molecule has 176 valence electrons. The van der Waals surface area contributed by atoms with E-state index in [-0.39, 0.29) is 12.5 Å². The summed E-state index contributed by atoms with van der Waals surface area (Å²) in [5, 5.41) is 7.17. The van der Waals surface area contributed by atoms with Gasteiger partial charge in [0.15, 0.2) is 5.96 Å². The number of nitrogens with zero attached hydrogens (tertiary/aromatic N) is 4. The summed E-state index contributed by atoms with van der Waals surface area (Å²) in [4.78, 5) is 24.9. The number of pyridine rings is 1. The Hall–Kier alpha value is -3.09. The number of hydrogen-bond donors (Lipinski definition) is 2. The monoisotopic (exact) mass is 448 g/mol. The highest BCUT2D eigenvalue weighted by Gasteiger charge is 2.22. The van der Waals surface area contributed by atoms with Gasteiger partial charge in [0.25, 0.3) is 0 Å². The van der Waals surface area contributed by atoms with E-state index in [0.717, 1.165) is 57.7 Å². The molecule has 7 nitrogen and oxygen atoms in total. The summed E-state index contributed by atoms with van der Waals surface area (Å²) in [5.74, 6) is 1.36. The zero-order valence-corrected chi connectivity index (χ0v) is 19.8. The normalized spacial score (nSPS) is 19.0. The van der Waals surface area contributed by atoms with E-state index in [9.17, 15) is 4.79 Å². The van der Waals surface area contributed by atoms with E-state index in [1.54, 1.807) is 19.0 Å². The maximum absolute atomic E-state index is 12.1. The Bertz CT molecular complexity index is 937. The van der Waals surface area contributed by atoms with E-state index in [2.05, 4.69) is 61.9 Å². The number of rotatable bonds is 6. The molecule has 0 spiro atoms. The van der Waals surface area contributed by atoms with Gasteiger partial charge in [-0.05, 0) is 61.3 Å². The smallest absolute Gasteiger partial charge is 0.243 e. The summed E-state index contributed by atoms with van der Waals surface area (Å²) >= 11 is 0. The van der Waals surface area contributed by atoms with Crippen molar-refractivity contribution in [1.29, 1.82) is 0 Å². The van der Waals surface area contributed by atoms with Crippen LogP contribution in [0.3, 0.4) is 0 Å². The number of nitrogens with one attached hydrogen (secondary N) is 2. The van der Waals surface area contributed by atoms with Gasteiger partial charge in [0, 0.05) is 57.9 Å². The number of fused-ring (bicyclic) bond motifs is 1. The molecular formula is C26H36N6O. The highest BCUT2D eigenvalue weighted by atomic mass is 16.2. The number of guanidine groups is 1. The maximum Gasteiger partial charge on any atom is 0.243 e. The average Bonchev–Trinajstić information content (AvgIpc) is 2.86. The van der Waals surface area contributed by atoms with Gasteiger partial charge < -0.3 is 20.4 Å². The first-order valence-corrected chi connectivity index (χ1v) is 12.0. The molecule has 1 aliphatic carbocycles. The molecule has 1 aromatic heterocycles. The molecule has 2 aliphatic rings. The van der Waals surface area contributed by atoms with Crippen LogP contribution in [0.25, 0.3) is 0 Å². The Balaban J connectivity index is 1.32. The molecule has 4 rings (SSSR count). The van der Waals surface area contributed by atoms with Crippen LogP contribution < -0.4 is 15.5 Å². The first-order valence-electron chi connectivity index (χ1n) is 12.0. The first kappa shape index (κ1) is 23.1. The number of aliphatic imine (C=N–C) groups is 1. The van der Waals surface area contributed by atoms with Crippen molar-refractivity contribution in [1.82, 2.24) is 20.5 Å². The van der Waals surface area contributed by atoms with E-state index < -0.39 is 0 Å². The van der Waals surface area contributed by atoms with Crippen molar-refractivity contribution in [2.45, 2.75) is 38.1 Å². The molecular weight excluding hydrogens is 412 g/mol. The van der Waals surface area contributed by atoms with Crippen LogP contribution in [0.5, 0.6) is 0 Å². The zero-order chi connectivity index (χ0) is 23.0. The van der Waals surface area contributed by atoms with Gasteiger partial charge in [0.2, 0.25) is 5.91 Å². The summed E-state index contributed by atoms with van der Waals surface area (Å²) in [6.45, 7) is 3.13. The molecule has 0 radical (unpaired) electrons. The number of hydrogen-bond acceptors (Lipinski definition) is 4. The van der Waals surface area contributed by atoms with Gasteiger partial charge in [-0.2, -0.15) is 0 Å². The van der Waals surface area contributed by atoms with E-state index in [1.165, 1.54) is 16.8 Å². The lowest BCUT2D eigenvalue weighted by atomic mass is 9.88. The zero-order valence-electron chi connectivity index (χ0n) is 19.8. The van der Waals surface area contributed by atoms with Crippen LogP contribution in [0.15, 0.2) is 53.8 Å². The number of carbonyl (C=O) groups is 1. The summed E-state index contributed by atoms with van der Waals surface area (Å²) in [5.41, 5.74) is 4.11. The van der Waals surface area contributed by atoms with Crippen molar-refractivity contribution in [2.75, 3.05) is 45.2 Å². The van der Waals surface area contributed by atoms with Crippen molar-refractivity contribution in [3.63, 3.8) is 0 Å². The molecule has 1 aromatic carbocycles. The van der Waals surface area contributed by atoms with Gasteiger partial charge in [-0.3, -0.25) is 9.78 Å². The second-order valence-corrected chi connectivity index (χ2v) is 9.32. The summed E-state index contributed by atoms with van der Waals surface area (Å²) in [6, 6.07) is 13.2. The molecule has 33 heavy (non-hydrogen) atoms. The molecule has 1 fully saturated rings. The molecule has 0 saturated carbocycles. The van der Waals surface area contributed by atoms with Crippen LogP contribution in [0.1, 0.15) is 30.4 Å². The van der Waals surface area contributed by atoms with Crippen LogP contribution in [0, 0.1) is 5.92 Å². The third kappa shape index (κ3) is 6.46. The van der Waals surface area contributed by atoms with Crippen LogP contribution >= 0.6 is 0 Å². The predicted molar refractivity (Wildman–Crippen MR) is 134 cm³/mol. The minimum absolute atomic E-state index is 0.00995. The molecule has 2 N–H and O–H groups in total. The highest BCUT2D eigenvalue weighted by molar-refractivity contribution is 5.85. The number of benzene rings is 1. The fourth-order valence-corrected chi connectivity index (χ4v) is 4.65. The van der Waals surface area contributed by atoms with Crippen molar-refractivity contribution in [3.05, 3.63) is 59.9 Å². The Labute approximate surface area is 197 Å². The summed E-state index contributed by atoms with van der Waals surface area (Å²) < 4.78 is 0. The van der Waals surface area contributed by atoms with Gasteiger partial charge in [-0.15, -0.1) is 0 Å². The topological polar surface area (TPSA) is 72.9 Å². The van der Waals surface area contributed by atoms with E-state index >= 15 is 0 Å². The number of aromatic nitrogens is 1. The number of piperidine rings is 1. The summed E-state index contributed by atoms with van der Waals surface area (Å²) in [7, 11) is 3.54. The molecule has 1 saturated heterocycles. The van der Waals surface area contributed by atoms with Gasteiger partial charge in [-0.25, -0.2) is 4.99 Å². The first-order chi connectivity index (χ1) is 16.1. The van der Waals surface area contributed by atoms with Crippen LogP contribution in [-0.4, -0.2) is 68.1 Å². The van der Waals surface area contributed by atoms with Gasteiger partial charge in [0.1, 0.15) is 6.54 Å². The maximum atomic E-state index is 12.1. The number of amides is 1. The van der Waals surface area contributed by atoms with Crippen molar-refractivity contribution < 1.29 is 4.79 Å². The minimum atomic E-state index is 0.00995. The Kier molecular flexibility index (Phi) is 7.81. The van der Waals surface area contributed by atoms with Crippen LogP contribution in [0.2, 0.25) is 0 Å². The fraction of sp³-hybridized carbons (Fsp3) is 0.500. The fourth-order valence-electron chi connectivity index (χ4n) is 4.65. The molecule has 1 unspecified atom stereocenters. The molecule has 1 amide bonds. The third-order valence-electron chi connectivity index (χ3n) is 6.76. The van der Waals surface area contributed by atoms with E-state index in [0.29, 0.717) is 12.0 Å². The second-order valence-electron chi connectivity index (χ2n) is 9.32. The number of carbonyl (C=O) groups excluding carboxylic acids is 1. The molecule has 7 heteroatoms. The quantitative estimate of drug-likeness (QED) is 0.525. The van der Waals surface area contributed by atoms with E-state index in [4.69, 9.17) is 0 Å². The molecule has 2 aromatic rings. The lowest BCUT2D eigenvalue weighted by Crippen LogP contribution is -2.48. The predicted octanol–water partition coefficient (Wildman–Crippen LogP) is 2.48. The Morgan fingerprint density at radius 2 is 1.82 bits per heavy atom. The lowest BCUT2D eigenvalue weighted by Gasteiger charge is -2.34. The average molecular weight is 449 g/mol. The van der Waals surface area contributed by atoms with Crippen LogP contribution in [-0.2, 0) is 17.6 Å². The molecule has 1 aliphatic heterocycles. The van der Waals surface area contributed by atoms with Crippen LogP contribution in [0.4, 0.5) is 5.69 Å². The standard InChI is InChI=1S/C26H36N6O/c1-31(2)25(33)19-29-26(30-23-8-7-21-5-3-4-6-22(21)17-23)28-18-20-11-15-32(16-12-20)24-9-13-27-14-10-24/h3-6,9-10,13-14,20,23H,7-8,11-12,15-19H2,1-2H3,(H2,28,29,30). The Morgan fingerprint density at radius 3 is 2.55 bits per heavy atom. The number of anilines is 1. The second kappa shape index (κ2) is 11.2. The van der Waals surface area contributed by atoms with Gasteiger partial charge in [0.05, 0.1) is 0 Å². The van der Waals surface area contributed by atoms with Crippen molar-refractivity contribution in [2.24, 2.45) is 10.9 Å². The third-order valence-corrected chi connectivity index (χ3v) is 6.76. The number of likely N-dealkylation sites (N-methyl/N-ethyl adjacent to an activating group) is 1. The molecule has 1 atom stereocenters. The number of aryl methyl sites for hydroxylation is 1. The van der Waals surface area contributed by atoms with Gasteiger partial charge in [-0.1, -0.05) is 24.3 Å². The lowest BCUT2D eigenvalue weighted by molar-refractivity contribution is -0.127. The molecule has 0 bridgehead atoms. The minimum Gasteiger partial charge on any atom is -0.371 e. The summed E-state index contributed by atoms with van der Waals surface area (Å²) in [6.07, 6.45) is 9.12. The highest BCUT2D eigenvalue weighted by Crippen LogP contribution is 2.23.